The van der Waals surface area contributed by atoms with Gasteiger partial charge in [0.1, 0.15) is 12.4 Å². The number of rotatable bonds is 11. The highest BCUT2D eigenvalue weighted by Crippen LogP contribution is 2.24. The number of benzene rings is 3. The van der Waals surface area contributed by atoms with Crippen LogP contribution in [-0.4, -0.2) is 32.5 Å². The highest BCUT2D eigenvalue weighted by Gasteiger charge is 2.09. The topological polar surface area (TPSA) is 64.9 Å². The normalized spacial score (nSPS) is 10.9. The molecule has 32 heavy (non-hydrogen) atoms. The minimum Gasteiger partial charge on any atom is -0.489 e. The number of para-hydroxylation sites is 1. The van der Waals surface area contributed by atoms with E-state index in [1.54, 1.807) is 16.4 Å². The van der Waals surface area contributed by atoms with Crippen LogP contribution in [0.5, 0.6) is 5.75 Å². The van der Waals surface area contributed by atoms with E-state index in [0.29, 0.717) is 6.61 Å². The fourth-order valence-corrected chi connectivity index (χ4v) is 4.38. The summed E-state index contributed by atoms with van der Waals surface area (Å²) in [7, 11) is 0. The Balaban J connectivity index is 1.23. The minimum absolute atomic E-state index is 0.558. The van der Waals surface area contributed by atoms with Crippen LogP contribution in [-0.2, 0) is 13.2 Å². The molecular weight excluding hydrogens is 486 g/mol. The van der Waals surface area contributed by atoms with E-state index in [1.807, 2.05) is 60.7 Å². The molecule has 164 valence electrons. The molecule has 0 bridgehead atoms. The van der Waals surface area contributed by atoms with E-state index in [4.69, 9.17) is 4.74 Å². The molecule has 0 radical (unpaired) electrons. The fraction of sp³-hybridized carbons (Fsp3) is 0.208. The van der Waals surface area contributed by atoms with Gasteiger partial charge in [-0.1, -0.05) is 76.2 Å². The lowest BCUT2D eigenvalue weighted by molar-refractivity contribution is 0.302. The van der Waals surface area contributed by atoms with Gasteiger partial charge >= 0.3 is 0 Å². The Kier molecular flexibility index (Phi) is 8.30. The van der Waals surface area contributed by atoms with Crippen LogP contribution in [0.15, 0.2) is 88.5 Å². The number of halogens is 1. The number of tetrazole rings is 1. The third-order valence-corrected chi connectivity index (χ3v) is 6.24. The second-order valence-corrected chi connectivity index (χ2v) is 9.09. The molecule has 0 fully saturated rings. The van der Waals surface area contributed by atoms with E-state index in [1.165, 1.54) is 0 Å². The maximum absolute atomic E-state index is 6.07. The molecule has 0 aliphatic rings. The van der Waals surface area contributed by atoms with Gasteiger partial charge in [-0.05, 0) is 59.3 Å². The fourth-order valence-electron chi connectivity index (χ4n) is 3.15. The van der Waals surface area contributed by atoms with Gasteiger partial charge in [-0.3, -0.25) is 0 Å². The Hall–Kier alpha value is -2.68. The van der Waals surface area contributed by atoms with Crippen molar-refractivity contribution < 1.29 is 4.74 Å². The first-order valence-corrected chi connectivity index (χ1v) is 12.2. The van der Waals surface area contributed by atoms with Gasteiger partial charge in [0.05, 0.1) is 5.69 Å². The zero-order chi connectivity index (χ0) is 22.0. The van der Waals surface area contributed by atoms with E-state index in [9.17, 15) is 0 Å². The number of aromatic nitrogens is 4. The van der Waals surface area contributed by atoms with Crippen LogP contribution in [0, 0.1) is 0 Å². The van der Waals surface area contributed by atoms with Crippen LogP contribution in [0.2, 0.25) is 0 Å². The number of hydrogen-bond donors (Lipinski definition) is 1. The molecule has 0 saturated carbocycles. The van der Waals surface area contributed by atoms with Gasteiger partial charge in [0.15, 0.2) is 0 Å². The molecule has 0 aliphatic carbocycles. The van der Waals surface area contributed by atoms with Crippen LogP contribution >= 0.6 is 27.7 Å². The van der Waals surface area contributed by atoms with E-state index in [-0.39, 0.29) is 0 Å². The van der Waals surface area contributed by atoms with Crippen LogP contribution in [0.3, 0.4) is 0 Å². The highest BCUT2D eigenvalue weighted by molar-refractivity contribution is 9.10. The number of thioether (sulfide) groups is 1. The zero-order valence-electron chi connectivity index (χ0n) is 17.5. The summed E-state index contributed by atoms with van der Waals surface area (Å²) in [6.07, 6.45) is 1.00. The number of nitrogens with zero attached hydrogens (tertiary/aromatic N) is 4. The standard InChI is InChI=1S/C24H24BrN5OS/c25-21-12-13-23(31-18-19-8-3-1-4-9-19)20(16-21)17-26-14-7-15-32-24-27-28-29-30(24)22-10-5-2-6-11-22/h1-6,8-13,16,26H,7,14-15,17-18H2. The lowest BCUT2D eigenvalue weighted by Crippen LogP contribution is -2.16. The molecule has 1 aromatic heterocycles. The lowest BCUT2D eigenvalue weighted by atomic mass is 10.2. The molecule has 3 aromatic carbocycles. The maximum Gasteiger partial charge on any atom is 0.214 e. The second-order valence-electron chi connectivity index (χ2n) is 7.11. The molecule has 0 unspecified atom stereocenters. The Morgan fingerprint density at radius 3 is 2.56 bits per heavy atom. The largest absolute Gasteiger partial charge is 0.489 e. The Morgan fingerprint density at radius 1 is 0.969 bits per heavy atom. The van der Waals surface area contributed by atoms with Crippen molar-refractivity contribution in [2.24, 2.45) is 0 Å². The van der Waals surface area contributed by atoms with Crippen LogP contribution in [0.1, 0.15) is 17.5 Å². The van der Waals surface area contributed by atoms with E-state index >= 15 is 0 Å². The predicted molar refractivity (Wildman–Crippen MR) is 131 cm³/mol. The van der Waals surface area contributed by atoms with Gasteiger partial charge in [-0.15, -0.1) is 5.10 Å². The summed E-state index contributed by atoms with van der Waals surface area (Å²) in [6, 6.07) is 26.3. The van der Waals surface area contributed by atoms with Crippen LogP contribution in [0.25, 0.3) is 5.69 Å². The van der Waals surface area contributed by atoms with Crippen molar-refractivity contribution in [2.45, 2.75) is 24.7 Å². The summed E-state index contributed by atoms with van der Waals surface area (Å²) >= 11 is 5.23. The summed E-state index contributed by atoms with van der Waals surface area (Å²) < 4.78 is 8.89. The van der Waals surface area contributed by atoms with Gasteiger partial charge < -0.3 is 10.1 Å². The molecule has 1 N–H and O–H groups in total. The highest BCUT2D eigenvalue weighted by atomic mass is 79.9. The molecular formula is C24H24BrN5OS. The molecule has 0 amide bonds. The summed E-state index contributed by atoms with van der Waals surface area (Å²) in [5, 5.41) is 16.4. The first kappa shape index (κ1) is 22.5. The van der Waals surface area contributed by atoms with Crippen LogP contribution in [0.4, 0.5) is 0 Å². The molecule has 4 rings (SSSR count). The predicted octanol–water partition coefficient (Wildman–Crippen LogP) is 5.28. The number of ether oxygens (including phenoxy) is 1. The number of hydrogen-bond acceptors (Lipinski definition) is 6. The van der Waals surface area contributed by atoms with E-state index < -0.39 is 0 Å². The van der Waals surface area contributed by atoms with Crippen molar-refractivity contribution in [3.63, 3.8) is 0 Å². The summed E-state index contributed by atoms with van der Waals surface area (Å²) in [5.74, 6) is 1.83. The third-order valence-electron chi connectivity index (χ3n) is 4.75. The first-order chi connectivity index (χ1) is 15.8. The van der Waals surface area contributed by atoms with E-state index in [2.05, 4.69) is 55.0 Å². The molecule has 4 aromatic rings. The van der Waals surface area contributed by atoms with Crippen molar-refractivity contribution in [1.29, 1.82) is 0 Å². The van der Waals surface area contributed by atoms with Gasteiger partial charge in [-0.2, -0.15) is 4.68 Å². The Bertz CT molecular complexity index is 1110. The third kappa shape index (κ3) is 6.41. The number of nitrogens with one attached hydrogen (secondary N) is 1. The molecule has 6 nitrogen and oxygen atoms in total. The van der Waals surface area contributed by atoms with Crippen molar-refractivity contribution in [3.05, 3.63) is 94.5 Å². The van der Waals surface area contributed by atoms with Crippen molar-refractivity contribution in [2.75, 3.05) is 12.3 Å². The van der Waals surface area contributed by atoms with Crippen LogP contribution < -0.4 is 10.1 Å². The van der Waals surface area contributed by atoms with E-state index in [0.717, 1.165) is 57.5 Å². The minimum atomic E-state index is 0.558. The zero-order valence-corrected chi connectivity index (χ0v) is 19.9. The SMILES string of the molecule is Brc1ccc(OCc2ccccc2)c(CNCCCSc2nnnn2-c2ccccc2)c1. The monoisotopic (exact) mass is 509 g/mol. The van der Waals surface area contributed by atoms with Crippen molar-refractivity contribution in [3.8, 4) is 11.4 Å². The van der Waals surface area contributed by atoms with Gasteiger partial charge in [0, 0.05) is 22.3 Å². The second kappa shape index (κ2) is 11.8. The maximum atomic E-state index is 6.07. The summed E-state index contributed by atoms with van der Waals surface area (Å²) in [5.41, 5.74) is 3.26. The summed E-state index contributed by atoms with van der Waals surface area (Å²) in [4.78, 5) is 0. The van der Waals surface area contributed by atoms with Crippen molar-refractivity contribution in [1.82, 2.24) is 25.5 Å². The molecule has 0 aliphatic heterocycles. The smallest absolute Gasteiger partial charge is 0.214 e. The van der Waals surface area contributed by atoms with Gasteiger partial charge in [0.2, 0.25) is 5.16 Å². The molecule has 0 saturated heterocycles. The average Bonchev–Trinajstić information content (AvgIpc) is 3.30. The van der Waals surface area contributed by atoms with Crippen molar-refractivity contribution >= 4 is 27.7 Å². The Morgan fingerprint density at radius 2 is 1.75 bits per heavy atom. The lowest BCUT2D eigenvalue weighted by Gasteiger charge is -2.13. The summed E-state index contributed by atoms with van der Waals surface area (Å²) in [6.45, 7) is 2.20. The molecule has 0 atom stereocenters. The quantitative estimate of drug-likeness (QED) is 0.219. The molecule has 8 heteroatoms. The Labute approximate surface area is 200 Å². The molecule has 1 heterocycles. The van der Waals surface area contributed by atoms with Gasteiger partial charge in [0.25, 0.3) is 0 Å². The average molecular weight is 510 g/mol. The first-order valence-electron chi connectivity index (χ1n) is 10.4. The van der Waals surface area contributed by atoms with Gasteiger partial charge in [-0.25, -0.2) is 0 Å². The molecule has 0 spiro atoms.